The zero-order chi connectivity index (χ0) is 14.3. The van der Waals surface area contributed by atoms with Gasteiger partial charge in [0.1, 0.15) is 11.6 Å². The highest BCUT2D eigenvalue weighted by molar-refractivity contribution is 5.88. The van der Waals surface area contributed by atoms with Gasteiger partial charge in [-0.2, -0.15) is 0 Å². The molecule has 0 radical (unpaired) electrons. The molecule has 6 nitrogen and oxygen atoms in total. The third-order valence-corrected chi connectivity index (χ3v) is 2.17. The van der Waals surface area contributed by atoms with Crippen LogP contribution in [0.15, 0.2) is 18.2 Å². The van der Waals surface area contributed by atoms with Gasteiger partial charge in [0, 0.05) is 19.7 Å². The first-order chi connectivity index (χ1) is 9.04. The van der Waals surface area contributed by atoms with E-state index in [0.29, 0.717) is 13.2 Å². The Kier molecular flexibility index (Phi) is 5.74. The molecule has 0 aliphatic rings. The van der Waals surface area contributed by atoms with Gasteiger partial charge in [-0.1, -0.05) is 0 Å². The van der Waals surface area contributed by atoms with E-state index in [4.69, 9.17) is 14.6 Å². The molecule has 1 aromatic carbocycles. The average molecular weight is 271 g/mol. The lowest BCUT2D eigenvalue weighted by Crippen LogP contribution is -2.31. The van der Waals surface area contributed by atoms with Crippen molar-refractivity contribution in [2.75, 3.05) is 26.9 Å². The largest absolute Gasteiger partial charge is 0.484 e. The van der Waals surface area contributed by atoms with E-state index in [1.807, 2.05) is 0 Å². The van der Waals surface area contributed by atoms with Crippen molar-refractivity contribution < 1.29 is 28.6 Å². The molecule has 104 valence electrons. The maximum absolute atomic E-state index is 13.3. The number of carboxylic acids is 1. The predicted octanol–water partition coefficient (Wildman–Crippen LogP) is 0.665. The molecule has 0 fully saturated rings. The normalized spacial score (nSPS) is 10.0. The lowest BCUT2D eigenvalue weighted by Gasteiger charge is -2.07. The summed E-state index contributed by atoms with van der Waals surface area (Å²) in [5.74, 6) is -2.56. The fraction of sp³-hybridized carbons (Fsp3) is 0.333. The summed E-state index contributed by atoms with van der Waals surface area (Å²) in [7, 11) is 1.51. The van der Waals surface area contributed by atoms with Crippen LogP contribution < -0.4 is 10.1 Å². The van der Waals surface area contributed by atoms with Gasteiger partial charge in [-0.3, -0.25) is 4.79 Å². The number of hydrogen-bond donors (Lipinski definition) is 2. The maximum Gasteiger partial charge on any atom is 0.338 e. The summed E-state index contributed by atoms with van der Waals surface area (Å²) in [6, 6.07) is 3.29. The Morgan fingerprint density at radius 3 is 2.74 bits per heavy atom. The van der Waals surface area contributed by atoms with Crippen LogP contribution in [0.5, 0.6) is 5.75 Å². The molecule has 0 heterocycles. The average Bonchev–Trinajstić information content (AvgIpc) is 2.36. The summed E-state index contributed by atoms with van der Waals surface area (Å²) in [5, 5.41) is 11.2. The zero-order valence-electron chi connectivity index (χ0n) is 10.3. The monoisotopic (exact) mass is 271 g/mol. The number of nitrogens with one attached hydrogen (secondary N) is 1. The second-order valence-corrected chi connectivity index (χ2v) is 3.58. The quantitative estimate of drug-likeness (QED) is 0.712. The number of rotatable bonds is 7. The number of carboxylic acid groups (broad SMARTS) is 1. The van der Waals surface area contributed by atoms with Gasteiger partial charge in [-0.15, -0.1) is 0 Å². The molecule has 1 amide bonds. The van der Waals surface area contributed by atoms with Crippen LogP contribution in [0.4, 0.5) is 4.39 Å². The molecular weight excluding hydrogens is 257 g/mol. The molecule has 0 bridgehead atoms. The van der Waals surface area contributed by atoms with Gasteiger partial charge in [-0.05, 0) is 12.1 Å². The molecule has 0 aliphatic carbocycles. The summed E-state index contributed by atoms with van der Waals surface area (Å²) >= 11 is 0. The Labute approximate surface area is 109 Å². The third kappa shape index (κ3) is 4.92. The first-order valence-corrected chi connectivity index (χ1v) is 5.46. The highest BCUT2D eigenvalue weighted by atomic mass is 19.1. The van der Waals surface area contributed by atoms with Gasteiger partial charge in [0.25, 0.3) is 5.91 Å². The molecule has 0 saturated heterocycles. The standard InChI is InChI=1S/C12H14FNO5/c1-18-5-4-14-11(15)7-19-8-2-3-9(12(16)17)10(13)6-8/h2-3,6H,4-5,7H2,1H3,(H,14,15)(H,16,17). The molecule has 0 atom stereocenters. The molecule has 19 heavy (non-hydrogen) atoms. The number of methoxy groups -OCH3 is 1. The number of carbonyl (C=O) groups is 2. The van der Waals surface area contributed by atoms with Crippen LogP contribution in [0.25, 0.3) is 0 Å². The van der Waals surface area contributed by atoms with Crippen LogP contribution in [0.3, 0.4) is 0 Å². The topological polar surface area (TPSA) is 84.9 Å². The minimum atomic E-state index is -1.36. The highest BCUT2D eigenvalue weighted by Crippen LogP contribution is 2.16. The molecule has 0 aromatic heterocycles. The summed E-state index contributed by atoms with van der Waals surface area (Å²) in [6.45, 7) is 0.453. The van der Waals surface area contributed by atoms with E-state index in [1.165, 1.54) is 13.2 Å². The van der Waals surface area contributed by atoms with Crippen molar-refractivity contribution in [1.29, 1.82) is 0 Å². The minimum Gasteiger partial charge on any atom is -0.484 e. The zero-order valence-corrected chi connectivity index (χ0v) is 10.3. The molecule has 7 heteroatoms. The fourth-order valence-electron chi connectivity index (χ4n) is 1.25. The van der Waals surface area contributed by atoms with Crippen LogP contribution in [-0.2, 0) is 9.53 Å². The number of ether oxygens (including phenoxy) is 2. The second-order valence-electron chi connectivity index (χ2n) is 3.58. The number of benzene rings is 1. The lowest BCUT2D eigenvalue weighted by molar-refractivity contribution is -0.123. The maximum atomic E-state index is 13.3. The Balaban J connectivity index is 2.48. The van der Waals surface area contributed by atoms with Gasteiger partial charge in [0.15, 0.2) is 6.61 Å². The Morgan fingerprint density at radius 1 is 1.42 bits per heavy atom. The first kappa shape index (κ1) is 14.9. The minimum absolute atomic E-state index is 0.0874. The molecule has 0 spiro atoms. The molecule has 0 aliphatic heterocycles. The number of amides is 1. The molecule has 1 aromatic rings. The van der Waals surface area contributed by atoms with Crippen LogP contribution in [0, 0.1) is 5.82 Å². The van der Waals surface area contributed by atoms with Crippen LogP contribution in [-0.4, -0.2) is 43.9 Å². The van der Waals surface area contributed by atoms with E-state index in [2.05, 4.69) is 5.32 Å². The van der Waals surface area contributed by atoms with Gasteiger partial charge in [0.2, 0.25) is 0 Å². The number of hydrogen-bond acceptors (Lipinski definition) is 4. The molecular formula is C12H14FNO5. The van der Waals surface area contributed by atoms with E-state index >= 15 is 0 Å². The summed E-state index contributed by atoms with van der Waals surface area (Å²) in [4.78, 5) is 21.9. The smallest absolute Gasteiger partial charge is 0.338 e. The number of carbonyl (C=O) groups excluding carboxylic acids is 1. The van der Waals surface area contributed by atoms with Gasteiger partial charge in [0.05, 0.1) is 12.2 Å². The van der Waals surface area contributed by atoms with Crippen molar-refractivity contribution in [3.05, 3.63) is 29.6 Å². The van der Waals surface area contributed by atoms with Crippen molar-refractivity contribution >= 4 is 11.9 Å². The van der Waals surface area contributed by atoms with Crippen molar-refractivity contribution in [2.24, 2.45) is 0 Å². The summed E-state index contributed by atoms with van der Waals surface area (Å²) < 4.78 is 23.1. The van der Waals surface area contributed by atoms with Crippen molar-refractivity contribution in [3.63, 3.8) is 0 Å². The van der Waals surface area contributed by atoms with Gasteiger partial charge < -0.3 is 19.9 Å². The van der Waals surface area contributed by atoms with Crippen LogP contribution in [0.2, 0.25) is 0 Å². The summed E-state index contributed by atoms with van der Waals surface area (Å²) in [5.41, 5.74) is -0.447. The molecule has 0 saturated carbocycles. The van der Waals surface area contributed by atoms with Crippen molar-refractivity contribution in [1.82, 2.24) is 5.32 Å². The van der Waals surface area contributed by atoms with E-state index in [-0.39, 0.29) is 18.3 Å². The van der Waals surface area contributed by atoms with Crippen LogP contribution >= 0.6 is 0 Å². The lowest BCUT2D eigenvalue weighted by atomic mass is 10.2. The number of aromatic carboxylic acids is 1. The van der Waals surface area contributed by atoms with Gasteiger partial charge >= 0.3 is 5.97 Å². The van der Waals surface area contributed by atoms with Crippen molar-refractivity contribution in [3.8, 4) is 5.75 Å². The SMILES string of the molecule is COCCNC(=O)COc1ccc(C(=O)O)c(F)c1. The Bertz CT molecular complexity index is 463. The summed E-state index contributed by atoms with van der Waals surface area (Å²) in [6.07, 6.45) is 0. The second kappa shape index (κ2) is 7.32. The van der Waals surface area contributed by atoms with Gasteiger partial charge in [-0.25, -0.2) is 9.18 Å². The van der Waals surface area contributed by atoms with Crippen molar-refractivity contribution in [2.45, 2.75) is 0 Å². The van der Waals surface area contributed by atoms with Crippen LogP contribution in [0.1, 0.15) is 10.4 Å². The molecule has 1 rings (SSSR count). The highest BCUT2D eigenvalue weighted by Gasteiger charge is 2.11. The predicted molar refractivity (Wildman–Crippen MR) is 63.7 cm³/mol. The fourth-order valence-corrected chi connectivity index (χ4v) is 1.25. The van der Waals surface area contributed by atoms with E-state index in [1.54, 1.807) is 0 Å². The van der Waals surface area contributed by atoms with E-state index in [0.717, 1.165) is 12.1 Å². The van der Waals surface area contributed by atoms with E-state index < -0.39 is 17.3 Å². The number of halogens is 1. The first-order valence-electron chi connectivity index (χ1n) is 5.46. The Hall–Kier alpha value is -2.15. The van der Waals surface area contributed by atoms with E-state index in [9.17, 15) is 14.0 Å². The molecule has 2 N–H and O–H groups in total. The molecule has 0 unspecified atom stereocenters. The Morgan fingerprint density at radius 2 is 2.16 bits per heavy atom. The third-order valence-electron chi connectivity index (χ3n) is 2.17.